The fourth-order valence-electron chi connectivity index (χ4n) is 0.800. The van der Waals surface area contributed by atoms with Crippen LogP contribution in [0.5, 0.6) is 0 Å². The Morgan fingerprint density at radius 1 is 1.55 bits per heavy atom. The van der Waals surface area contributed by atoms with Gasteiger partial charge in [0.05, 0.1) is 0 Å². The summed E-state index contributed by atoms with van der Waals surface area (Å²) in [5.74, 6) is 0. The molecule has 1 atom stereocenters. The maximum Gasteiger partial charge on any atom is 0.478 e. The van der Waals surface area contributed by atoms with Gasteiger partial charge in [-0.15, -0.1) is 11.6 Å². The predicted octanol–water partition coefficient (Wildman–Crippen LogP) is 1.06. The van der Waals surface area contributed by atoms with E-state index in [9.17, 15) is 0 Å². The van der Waals surface area contributed by atoms with E-state index in [0.717, 1.165) is 0 Å². The van der Waals surface area contributed by atoms with Crippen LogP contribution in [0.2, 0.25) is 0 Å². The first-order chi connectivity index (χ1) is 5.04. The van der Waals surface area contributed by atoms with Crippen LogP contribution in [0.1, 0.15) is 6.42 Å². The van der Waals surface area contributed by atoms with Gasteiger partial charge in [-0.2, -0.15) is 0 Å². The van der Waals surface area contributed by atoms with Crippen LogP contribution < -0.4 is 0 Å². The van der Waals surface area contributed by atoms with Crippen molar-refractivity contribution in [1.82, 2.24) is 0 Å². The molecule has 0 radical (unpaired) electrons. The molecule has 11 heavy (non-hydrogen) atoms. The zero-order valence-corrected chi connectivity index (χ0v) is 7.18. The molecule has 0 aromatic carbocycles. The van der Waals surface area contributed by atoms with Crippen LogP contribution >= 0.6 is 23.2 Å². The van der Waals surface area contributed by atoms with Gasteiger partial charge in [0.1, 0.15) is 4.77 Å². The molecular formula is C6H7BCl2O2. The third-order valence-corrected chi connectivity index (χ3v) is 2.31. The summed E-state index contributed by atoms with van der Waals surface area (Å²) in [4.78, 5) is 0. The molecule has 1 rings (SSSR count). The van der Waals surface area contributed by atoms with Crippen molar-refractivity contribution in [2.45, 2.75) is 11.2 Å². The molecule has 0 bridgehead atoms. The second-order valence-electron chi connectivity index (χ2n) is 2.43. The SMILES string of the molecule is OB(O)C1(Cl)C=CC(Cl)=CC1. The minimum Gasteiger partial charge on any atom is -0.426 e. The van der Waals surface area contributed by atoms with Crippen molar-refractivity contribution in [2.75, 3.05) is 0 Å². The lowest BCUT2D eigenvalue weighted by atomic mass is 9.68. The maximum atomic E-state index is 8.82. The normalized spacial score (nSPS) is 30.0. The number of hydrogen-bond acceptors (Lipinski definition) is 2. The van der Waals surface area contributed by atoms with Gasteiger partial charge in [0, 0.05) is 5.03 Å². The number of rotatable bonds is 1. The van der Waals surface area contributed by atoms with Crippen molar-refractivity contribution < 1.29 is 10.0 Å². The molecule has 0 aromatic rings. The summed E-state index contributed by atoms with van der Waals surface area (Å²) in [5.41, 5.74) is 0. The Morgan fingerprint density at radius 2 is 2.18 bits per heavy atom. The molecule has 1 unspecified atom stereocenters. The molecule has 2 N–H and O–H groups in total. The standard InChI is InChI=1S/C6H7BCl2O2/c8-5-1-3-6(9,4-2-5)7(10)11/h1-3,10-11H,4H2. The number of alkyl halides is 1. The van der Waals surface area contributed by atoms with Crippen molar-refractivity contribution in [1.29, 1.82) is 0 Å². The van der Waals surface area contributed by atoms with Gasteiger partial charge in [-0.3, -0.25) is 0 Å². The lowest BCUT2D eigenvalue weighted by Gasteiger charge is -2.22. The van der Waals surface area contributed by atoms with E-state index >= 15 is 0 Å². The van der Waals surface area contributed by atoms with Crippen LogP contribution in [0.15, 0.2) is 23.3 Å². The second kappa shape index (κ2) is 3.19. The van der Waals surface area contributed by atoms with Gasteiger partial charge in [0.15, 0.2) is 0 Å². The van der Waals surface area contributed by atoms with E-state index in [0.29, 0.717) is 11.5 Å². The Morgan fingerprint density at radius 3 is 2.55 bits per heavy atom. The van der Waals surface area contributed by atoms with Gasteiger partial charge in [-0.25, -0.2) is 0 Å². The largest absolute Gasteiger partial charge is 0.478 e. The Hall–Kier alpha value is 0.0449. The van der Waals surface area contributed by atoms with Crippen molar-refractivity contribution in [3.63, 3.8) is 0 Å². The highest BCUT2D eigenvalue weighted by Crippen LogP contribution is 2.29. The molecule has 0 spiro atoms. The van der Waals surface area contributed by atoms with Gasteiger partial charge in [-0.05, 0) is 12.5 Å². The van der Waals surface area contributed by atoms with Crippen molar-refractivity contribution >= 4 is 30.3 Å². The molecule has 0 fully saturated rings. The molecule has 0 saturated heterocycles. The molecule has 0 aromatic heterocycles. The Labute approximate surface area is 75.3 Å². The summed E-state index contributed by atoms with van der Waals surface area (Å²) in [6.45, 7) is 0. The van der Waals surface area contributed by atoms with E-state index in [-0.39, 0.29) is 0 Å². The summed E-state index contributed by atoms with van der Waals surface area (Å²) in [6.07, 6.45) is 5.02. The number of halogens is 2. The van der Waals surface area contributed by atoms with Gasteiger partial charge >= 0.3 is 7.12 Å². The average Bonchev–Trinajstić information content (AvgIpc) is 1.95. The molecule has 60 valence electrons. The predicted molar refractivity (Wildman–Crippen MR) is 46.5 cm³/mol. The first-order valence-corrected chi connectivity index (χ1v) is 3.90. The topological polar surface area (TPSA) is 40.5 Å². The molecule has 1 aliphatic carbocycles. The van der Waals surface area contributed by atoms with Gasteiger partial charge in [0.25, 0.3) is 0 Å². The van der Waals surface area contributed by atoms with E-state index in [2.05, 4.69) is 0 Å². The number of allylic oxidation sites excluding steroid dienone is 4. The molecule has 0 aliphatic heterocycles. The van der Waals surface area contributed by atoms with Crippen LogP contribution in [0, 0.1) is 0 Å². The summed E-state index contributed by atoms with van der Waals surface area (Å²) in [5, 5.41) is 18.2. The first kappa shape index (κ1) is 9.14. The van der Waals surface area contributed by atoms with E-state index in [1.54, 1.807) is 12.2 Å². The Balaban J connectivity index is 2.74. The van der Waals surface area contributed by atoms with E-state index < -0.39 is 11.9 Å². The van der Waals surface area contributed by atoms with Crippen LogP contribution in [0.25, 0.3) is 0 Å². The van der Waals surface area contributed by atoms with Crippen LogP contribution in [0.3, 0.4) is 0 Å². The van der Waals surface area contributed by atoms with E-state index in [1.165, 1.54) is 6.08 Å². The molecule has 5 heteroatoms. The fraction of sp³-hybridized carbons (Fsp3) is 0.333. The third-order valence-electron chi connectivity index (χ3n) is 1.56. The first-order valence-electron chi connectivity index (χ1n) is 3.14. The highest BCUT2D eigenvalue weighted by atomic mass is 35.5. The lowest BCUT2D eigenvalue weighted by molar-refractivity contribution is 0.387. The minimum atomic E-state index is -1.55. The fourth-order valence-corrected chi connectivity index (χ4v) is 1.08. The molecule has 1 aliphatic rings. The molecule has 0 heterocycles. The zero-order chi connectivity index (χ0) is 8.48. The van der Waals surface area contributed by atoms with Crippen LogP contribution in [-0.2, 0) is 0 Å². The second-order valence-corrected chi connectivity index (χ2v) is 3.57. The van der Waals surface area contributed by atoms with Crippen molar-refractivity contribution in [3.8, 4) is 0 Å². The van der Waals surface area contributed by atoms with Gasteiger partial charge < -0.3 is 10.0 Å². The van der Waals surface area contributed by atoms with Crippen LogP contribution in [0.4, 0.5) is 0 Å². The third kappa shape index (κ3) is 2.00. The summed E-state index contributed by atoms with van der Waals surface area (Å²) in [7, 11) is -1.55. The Bertz CT molecular complexity index is 215. The van der Waals surface area contributed by atoms with Crippen molar-refractivity contribution in [2.24, 2.45) is 0 Å². The van der Waals surface area contributed by atoms with Gasteiger partial charge in [-0.1, -0.05) is 23.8 Å². The van der Waals surface area contributed by atoms with Gasteiger partial charge in [0.2, 0.25) is 0 Å². The maximum absolute atomic E-state index is 8.82. The van der Waals surface area contributed by atoms with Crippen LogP contribution in [-0.4, -0.2) is 21.9 Å². The lowest BCUT2D eigenvalue weighted by Crippen LogP contribution is -2.39. The highest BCUT2D eigenvalue weighted by molar-refractivity contribution is 6.62. The summed E-state index contributed by atoms with van der Waals surface area (Å²) >= 11 is 11.4. The van der Waals surface area contributed by atoms with E-state index in [1.807, 2.05) is 0 Å². The average molecular weight is 193 g/mol. The summed E-state index contributed by atoms with van der Waals surface area (Å²) < 4.78 is -1.10. The molecule has 0 saturated carbocycles. The monoisotopic (exact) mass is 192 g/mol. The van der Waals surface area contributed by atoms with E-state index in [4.69, 9.17) is 33.2 Å². The summed E-state index contributed by atoms with van der Waals surface area (Å²) in [6, 6.07) is 0. The zero-order valence-electron chi connectivity index (χ0n) is 5.67. The van der Waals surface area contributed by atoms with Crippen molar-refractivity contribution in [3.05, 3.63) is 23.3 Å². The molecule has 2 nitrogen and oxygen atoms in total. The number of hydrogen-bond donors (Lipinski definition) is 2. The highest BCUT2D eigenvalue weighted by Gasteiger charge is 2.38. The molecular weight excluding hydrogens is 186 g/mol. The Kier molecular flexibility index (Phi) is 2.65. The smallest absolute Gasteiger partial charge is 0.426 e. The minimum absolute atomic E-state index is 0.335. The quantitative estimate of drug-likeness (QED) is 0.482. The molecule has 0 amide bonds.